The quantitative estimate of drug-likeness (QED) is 0.377. The van der Waals surface area contributed by atoms with Crippen molar-refractivity contribution >= 4 is 5.69 Å². The Morgan fingerprint density at radius 2 is 1.78 bits per heavy atom. The maximum Gasteiger partial charge on any atom is 0.274 e. The summed E-state index contributed by atoms with van der Waals surface area (Å²) in [6.07, 6.45) is 4.28. The monoisotopic (exact) mass is 431 g/mol. The lowest BCUT2D eigenvalue weighted by Crippen LogP contribution is -2.18. The number of aromatic amines is 1. The maximum absolute atomic E-state index is 12.6. The highest BCUT2D eigenvalue weighted by molar-refractivity contribution is 5.49. The van der Waals surface area contributed by atoms with Crippen LogP contribution in [0.4, 0.5) is 5.69 Å². The van der Waals surface area contributed by atoms with Crippen molar-refractivity contribution in [3.8, 4) is 11.4 Å². The number of H-pyrrole nitrogens is 1. The highest BCUT2D eigenvalue weighted by Gasteiger charge is 2.13. The van der Waals surface area contributed by atoms with Gasteiger partial charge in [-0.25, -0.2) is 9.36 Å². The Morgan fingerprint density at radius 3 is 2.47 bits per heavy atom. The van der Waals surface area contributed by atoms with Gasteiger partial charge in [0.2, 0.25) is 0 Å². The molecule has 0 aliphatic rings. The zero-order chi connectivity index (χ0) is 22.5. The van der Waals surface area contributed by atoms with Crippen LogP contribution >= 0.6 is 0 Å². The summed E-state index contributed by atoms with van der Waals surface area (Å²) in [5.74, 6) is 0. The zero-order valence-corrected chi connectivity index (χ0v) is 18.5. The van der Waals surface area contributed by atoms with Gasteiger partial charge in [0.15, 0.2) is 0 Å². The molecule has 0 aliphatic heterocycles. The number of aliphatic hydroxyl groups is 1. The molecule has 0 aliphatic carbocycles. The largest absolute Gasteiger partial charge is 0.396 e. The summed E-state index contributed by atoms with van der Waals surface area (Å²) < 4.78 is 3.54. The number of aryl methyl sites for hydroxylation is 1. The van der Waals surface area contributed by atoms with E-state index in [9.17, 15) is 9.90 Å². The highest BCUT2D eigenvalue weighted by Crippen LogP contribution is 2.19. The number of para-hydroxylation sites is 1. The van der Waals surface area contributed by atoms with Crippen LogP contribution < -0.4 is 10.9 Å². The van der Waals surface area contributed by atoms with E-state index in [4.69, 9.17) is 0 Å². The van der Waals surface area contributed by atoms with E-state index in [0.29, 0.717) is 18.5 Å². The van der Waals surface area contributed by atoms with E-state index < -0.39 is 0 Å². The Morgan fingerprint density at radius 1 is 1.03 bits per heavy atom. The molecule has 7 heteroatoms. The SMILES string of the molecule is CCCc1c(CNc2ccc(-n3[nH]c(C)c(CCO)c3=O)cc2)cnn1-c1ccccc1. The molecule has 0 spiro atoms. The summed E-state index contributed by atoms with van der Waals surface area (Å²) in [6.45, 7) is 4.65. The Bertz CT molecular complexity index is 1220. The van der Waals surface area contributed by atoms with Crippen LogP contribution in [-0.4, -0.2) is 31.3 Å². The van der Waals surface area contributed by atoms with E-state index >= 15 is 0 Å². The van der Waals surface area contributed by atoms with Crippen LogP contribution in [0, 0.1) is 6.92 Å². The number of nitrogens with zero attached hydrogens (tertiary/aromatic N) is 3. The van der Waals surface area contributed by atoms with Gasteiger partial charge in [-0.1, -0.05) is 31.5 Å². The van der Waals surface area contributed by atoms with Gasteiger partial charge in [0.05, 0.1) is 17.6 Å². The third kappa shape index (κ3) is 4.38. The lowest BCUT2D eigenvalue weighted by molar-refractivity contribution is 0.299. The minimum atomic E-state index is -0.116. The number of hydrogen-bond donors (Lipinski definition) is 3. The number of aromatic nitrogens is 4. The van der Waals surface area contributed by atoms with E-state index in [-0.39, 0.29) is 12.2 Å². The first-order valence-electron chi connectivity index (χ1n) is 11.0. The predicted octanol–water partition coefficient (Wildman–Crippen LogP) is 3.76. The zero-order valence-electron chi connectivity index (χ0n) is 18.5. The minimum Gasteiger partial charge on any atom is -0.396 e. The Labute approximate surface area is 187 Å². The molecule has 0 saturated heterocycles. The van der Waals surface area contributed by atoms with Crippen molar-refractivity contribution in [2.24, 2.45) is 0 Å². The lowest BCUT2D eigenvalue weighted by atomic mass is 10.1. The number of rotatable bonds is 9. The predicted molar refractivity (Wildman–Crippen MR) is 127 cm³/mol. The van der Waals surface area contributed by atoms with Crippen molar-refractivity contribution in [2.45, 2.75) is 39.7 Å². The fraction of sp³-hybridized carbons (Fsp3) is 0.280. The number of nitrogens with one attached hydrogen (secondary N) is 2. The molecule has 0 bridgehead atoms. The van der Waals surface area contributed by atoms with Crippen molar-refractivity contribution in [3.05, 3.63) is 93.7 Å². The molecule has 0 radical (unpaired) electrons. The third-order valence-corrected chi connectivity index (χ3v) is 5.61. The van der Waals surface area contributed by atoms with Gasteiger partial charge in [-0.15, -0.1) is 0 Å². The second-order valence-electron chi connectivity index (χ2n) is 7.84. The fourth-order valence-corrected chi connectivity index (χ4v) is 3.95. The summed E-state index contributed by atoms with van der Waals surface area (Å²) in [7, 11) is 0. The standard InChI is InChI=1S/C25H29N5O2/c1-3-7-24-19(17-27-29(24)21-8-5-4-6-9-21)16-26-20-10-12-22(13-11-20)30-25(32)23(14-15-31)18(2)28-30/h4-6,8-13,17,26,28,31H,3,7,14-16H2,1-2H3. The Balaban J connectivity index is 1.50. The number of hydrogen-bond acceptors (Lipinski definition) is 4. The second-order valence-corrected chi connectivity index (χ2v) is 7.84. The van der Waals surface area contributed by atoms with Gasteiger partial charge < -0.3 is 10.4 Å². The normalized spacial score (nSPS) is 11.1. The van der Waals surface area contributed by atoms with Crippen molar-refractivity contribution in [3.63, 3.8) is 0 Å². The second kappa shape index (κ2) is 9.70. The van der Waals surface area contributed by atoms with Crippen LogP contribution in [0.15, 0.2) is 65.6 Å². The molecule has 7 nitrogen and oxygen atoms in total. The van der Waals surface area contributed by atoms with Gasteiger partial charge >= 0.3 is 0 Å². The Hall–Kier alpha value is -3.58. The number of aliphatic hydroxyl groups excluding tert-OH is 1. The highest BCUT2D eigenvalue weighted by atomic mass is 16.3. The fourth-order valence-electron chi connectivity index (χ4n) is 3.95. The van der Waals surface area contributed by atoms with Gasteiger partial charge in [-0.2, -0.15) is 5.10 Å². The molecule has 0 saturated carbocycles. The average Bonchev–Trinajstić information content (AvgIpc) is 3.35. The number of benzene rings is 2. The molecule has 4 aromatic rings. The first kappa shape index (κ1) is 21.6. The third-order valence-electron chi connectivity index (χ3n) is 5.61. The molecule has 0 unspecified atom stereocenters. The average molecular weight is 432 g/mol. The Kier molecular flexibility index (Phi) is 6.56. The molecule has 2 aromatic heterocycles. The molecule has 4 rings (SSSR count). The van der Waals surface area contributed by atoms with Crippen LogP contribution in [0.25, 0.3) is 11.4 Å². The maximum atomic E-state index is 12.6. The number of anilines is 1. The van der Waals surface area contributed by atoms with Crippen molar-refractivity contribution < 1.29 is 5.11 Å². The van der Waals surface area contributed by atoms with Crippen molar-refractivity contribution in [2.75, 3.05) is 11.9 Å². The first-order valence-corrected chi connectivity index (χ1v) is 11.0. The van der Waals surface area contributed by atoms with Crippen LogP contribution in [0.3, 0.4) is 0 Å². The van der Waals surface area contributed by atoms with Crippen LogP contribution in [0.2, 0.25) is 0 Å². The summed E-state index contributed by atoms with van der Waals surface area (Å²) in [4.78, 5) is 12.6. The van der Waals surface area contributed by atoms with Crippen LogP contribution in [0.1, 0.15) is 35.9 Å². The minimum absolute atomic E-state index is 0.0440. The van der Waals surface area contributed by atoms with Gasteiger partial charge in [0.1, 0.15) is 0 Å². The van der Waals surface area contributed by atoms with E-state index in [0.717, 1.165) is 35.6 Å². The summed E-state index contributed by atoms with van der Waals surface area (Å²) >= 11 is 0. The molecule has 2 aromatic carbocycles. The van der Waals surface area contributed by atoms with Gasteiger partial charge in [0.25, 0.3) is 5.56 Å². The van der Waals surface area contributed by atoms with E-state index in [1.54, 1.807) is 0 Å². The molecule has 0 atom stereocenters. The molecule has 32 heavy (non-hydrogen) atoms. The van der Waals surface area contributed by atoms with Crippen molar-refractivity contribution in [1.29, 1.82) is 0 Å². The molecular formula is C25H29N5O2. The molecular weight excluding hydrogens is 402 g/mol. The van der Waals surface area contributed by atoms with Gasteiger partial charge in [-0.3, -0.25) is 9.89 Å². The van der Waals surface area contributed by atoms with E-state index in [2.05, 4.69) is 34.6 Å². The molecule has 2 heterocycles. The van der Waals surface area contributed by atoms with E-state index in [1.165, 1.54) is 15.9 Å². The molecule has 166 valence electrons. The van der Waals surface area contributed by atoms with Crippen LogP contribution in [-0.2, 0) is 19.4 Å². The van der Waals surface area contributed by atoms with Gasteiger partial charge in [0, 0.05) is 47.8 Å². The summed E-state index contributed by atoms with van der Waals surface area (Å²) in [5.41, 5.74) is 6.47. The van der Waals surface area contributed by atoms with Crippen LogP contribution in [0.5, 0.6) is 0 Å². The van der Waals surface area contributed by atoms with Gasteiger partial charge in [-0.05, 0) is 49.7 Å². The molecule has 0 fully saturated rings. The topological polar surface area (TPSA) is 87.9 Å². The molecule has 0 amide bonds. The summed E-state index contributed by atoms with van der Waals surface area (Å²) in [6, 6.07) is 17.9. The lowest BCUT2D eigenvalue weighted by Gasteiger charge is -2.11. The van der Waals surface area contributed by atoms with Crippen molar-refractivity contribution in [1.82, 2.24) is 19.6 Å². The summed E-state index contributed by atoms with van der Waals surface area (Å²) in [5, 5.41) is 20.4. The first-order chi connectivity index (χ1) is 15.6. The molecule has 3 N–H and O–H groups in total. The van der Waals surface area contributed by atoms with E-state index in [1.807, 2.05) is 60.3 Å². The smallest absolute Gasteiger partial charge is 0.274 e.